The molecule has 1 atom stereocenters. The van der Waals surface area contributed by atoms with Gasteiger partial charge in [-0.1, -0.05) is 0 Å². The number of morpholine rings is 1. The summed E-state index contributed by atoms with van der Waals surface area (Å²) in [6, 6.07) is 7.79. The van der Waals surface area contributed by atoms with Gasteiger partial charge in [0, 0.05) is 50.5 Å². The fraction of sp³-hybridized carbons (Fsp3) is 0.350. The maximum atomic E-state index is 11.7. The summed E-state index contributed by atoms with van der Waals surface area (Å²) >= 11 is 0. The van der Waals surface area contributed by atoms with Crippen LogP contribution in [0.2, 0.25) is 0 Å². The van der Waals surface area contributed by atoms with Crippen molar-refractivity contribution in [2.24, 2.45) is 0 Å². The minimum atomic E-state index is -0.0741. The van der Waals surface area contributed by atoms with Crippen molar-refractivity contribution in [1.29, 1.82) is 0 Å². The van der Waals surface area contributed by atoms with E-state index in [-0.39, 0.29) is 12.0 Å². The van der Waals surface area contributed by atoms with Crippen LogP contribution in [0.15, 0.2) is 49.1 Å². The molecule has 8 heteroatoms. The SMILES string of the molecule is COc1ccc(-n2ccnc2-c2nccn2CC2CN(C(C)=O)CCO2)cc1. The fourth-order valence-corrected chi connectivity index (χ4v) is 3.42. The first kappa shape index (κ1) is 18.2. The molecule has 0 saturated carbocycles. The summed E-state index contributed by atoms with van der Waals surface area (Å²) in [7, 11) is 1.65. The number of nitrogens with zero attached hydrogens (tertiary/aromatic N) is 5. The molecule has 8 nitrogen and oxygen atoms in total. The zero-order chi connectivity index (χ0) is 19.5. The third-order valence-corrected chi connectivity index (χ3v) is 4.89. The fourth-order valence-electron chi connectivity index (χ4n) is 3.42. The number of rotatable bonds is 5. The van der Waals surface area contributed by atoms with Gasteiger partial charge in [0.15, 0.2) is 11.6 Å². The smallest absolute Gasteiger partial charge is 0.219 e. The maximum Gasteiger partial charge on any atom is 0.219 e. The molecule has 28 heavy (non-hydrogen) atoms. The molecule has 1 unspecified atom stereocenters. The molecule has 1 saturated heterocycles. The largest absolute Gasteiger partial charge is 0.497 e. The second kappa shape index (κ2) is 7.85. The molecular weight excluding hydrogens is 358 g/mol. The Labute approximate surface area is 163 Å². The number of imidazole rings is 2. The van der Waals surface area contributed by atoms with Crippen molar-refractivity contribution in [3.05, 3.63) is 49.1 Å². The van der Waals surface area contributed by atoms with Crippen LogP contribution in [0.1, 0.15) is 6.92 Å². The first-order chi connectivity index (χ1) is 13.7. The van der Waals surface area contributed by atoms with Gasteiger partial charge in [-0.25, -0.2) is 9.97 Å². The Balaban J connectivity index is 1.58. The lowest BCUT2D eigenvalue weighted by Crippen LogP contribution is -2.46. The van der Waals surface area contributed by atoms with Crippen molar-refractivity contribution in [3.8, 4) is 23.1 Å². The number of carbonyl (C=O) groups excluding carboxylic acids is 1. The number of amides is 1. The summed E-state index contributed by atoms with van der Waals surface area (Å²) < 4.78 is 15.1. The molecule has 0 N–H and O–H groups in total. The molecular formula is C20H23N5O3. The van der Waals surface area contributed by atoms with Gasteiger partial charge in [0.1, 0.15) is 5.75 Å². The van der Waals surface area contributed by atoms with E-state index >= 15 is 0 Å². The first-order valence-electron chi connectivity index (χ1n) is 9.22. The van der Waals surface area contributed by atoms with Gasteiger partial charge in [-0.05, 0) is 24.3 Å². The summed E-state index contributed by atoms with van der Waals surface area (Å²) in [6.07, 6.45) is 7.26. The van der Waals surface area contributed by atoms with Crippen LogP contribution in [0.25, 0.3) is 17.3 Å². The lowest BCUT2D eigenvalue weighted by atomic mass is 10.2. The van der Waals surface area contributed by atoms with Crippen LogP contribution in [-0.2, 0) is 16.1 Å². The minimum Gasteiger partial charge on any atom is -0.497 e. The number of benzene rings is 1. The highest BCUT2D eigenvalue weighted by molar-refractivity contribution is 5.73. The van der Waals surface area contributed by atoms with E-state index in [0.717, 1.165) is 23.1 Å². The number of aromatic nitrogens is 4. The lowest BCUT2D eigenvalue weighted by molar-refractivity contribution is -0.136. The van der Waals surface area contributed by atoms with E-state index in [2.05, 4.69) is 9.97 Å². The second-order valence-electron chi connectivity index (χ2n) is 6.68. The Hall–Kier alpha value is -3.13. The van der Waals surface area contributed by atoms with Crippen LogP contribution in [0.5, 0.6) is 5.75 Å². The van der Waals surface area contributed by atoms with Crippen molar-refractivity contribution < 1.29 is 14.3 Å². The van der Waals surface area contributed by atoms with Crippen LogP contribution < -0.4 is 4.74 Å². The van der Waals surface area contributed by atoms with Crippen LogP contribution in [-0.4, -0.2) is 62.8 Å². The molecule has 3 heterocycles. The Bertz CT molecular complexity index is 947. The van der Waals surface area contributed by atoms with E-state index in [1.807, 2.05) is 50.7 Å². The first-order valence-corrected chi connectivity index (χ1v) is 9.22. The third kappa shape index (κ3) is 3.63. The van der Waals surface area contributed by atoms with Gasteiger partial charge in [0.2, 0.25) is 5.91 Å². The van der Waals surface area contributed by atoms with Gasteiger partial charge in [-0.2, -0.15) is 0 Å². The summed E-state index contributed by atoms with van der Waals surface area (Å²) in [5.41, 5.74) is 0.972. The van der Waals surface area contributed by atoms with Crippen LogP contribution in [0.3, 0.4) is 0 Å². The highest BCUT2D eigenvalue weighted by atomic mass is 16.5. The molecule has 0 spiro atoms. The van der Waals surface area contributed by atoms with Crippen molar-refractivity contribution in [2.75, 3.05) is 26.8 Å². The Morgan fingerprint density at radius 1 is 1.18 bits per heavy atom. The Kier molecular flexibility index (Phi) is 5.12. The molecule has 1 aliphatic rings. The quantitative estimate of drug-likeness (QED) is 0.676. The predicted molar refractivity (Wildman–Crippen MR) is 103 cm³/mol. The normalized spacial score (nSPS) is 16.9. The van der Waals surface area contributed by atoms with Crippen LogP contribution in [0, 0.1) is 0 Å². The van der Waals surface area contributed by atoms with E-state index in [1.165, 1.54) is 0 Å². The predicted octanol–water partition coefficient (Wildman–Crippen LogP) is 1.99. The molecule has 2 aromatic heterocycles. The summed E-state index contributed by atoms with van der Waals surface area (Å²) in [6.45, 7) is 3.98. The average molecular weight is 381 g/mol. The van der Waals surface area contributed by atoms with Crippen LogP contribution in [0.4, 0.5) is 0 Å². The molecule has 1 aliphatic heterocycles. The van der Waals surface area contributed by atoms with Gasteiger partial charge in [0.05, 0.1) is 26.4 Å². The summed E-state index contributed by atoms with van der Waals surface area (Å²) in [4.78, 5) is 22.5. The zero-order valence-corrected chi connectivity index (χ0v) is 16.0. The standard InChI is InChI=1S/C20H23N5O3/c1-15(26)23-11-12-28-18(13-23)14-24-9-7-21-19(24)20-22-8-10-25(20)16-3-5-17(27-2)6-4-16/h3-10,18H,11-14H2,1-2H3. The molecule has 0 aliphatic carbocycles. The highest BCUT2D eigenvalue weighted by Crippen LogP contribution is 2.23. The third-order valence-electron chi connectivity index (χ3n) is 4.89. The van der Waals surface area contributed by atoms with Gasteiger partial charge in [-0.15, -0.1) is 0 Å². The number of hydrogen-bond donors (Lipinski definition) is 0. The minimum absolute atomic E-state index is 0.0741. The van der Waals surface area contributed by atoms with E-state index in [1.54, 1.807) is 26.4 Å². The monoisotopic (exact) mass is 381 g/mol. The molecule has 3 aromatic rings. The number of carbonyl (C=O) groups is 1. The number of ether oxygens (including phenoxy) is 2. The Morgan fingerprint density at radius 2 is 1.93 bits per heavy atom. The second-order valence-corrected chi connectivity index (χ2v) is 6.68. The van der Waals surface area contributed by atoms with Crippen molar-refractivity contribution in [1.82, 2.24) is 24.0 Å². The molecule has 146 valence electrons. The summed E-state index contributed by atoms with van der Waals surface area (Å²) in [5.74, 6) is 2.38. The highest BCUT2D eigenvalue weighted by Gasteiger charge is 2.24. The maximum absolute atomic E-state index is 11.7. The average Bonchev–Trinajstić information content (AvgIpc) is 3.37. The van der Waals surface area contributed by atoms with Crippen LogP contribution >= 0.6 is 0 Å². The van der Waals surface area contributed by atoms with Crippen molar-refractivity contribution >= 4 is 5.91 Å². The number of methoxy groups -OCH3 is 1. The molecule has 1 fully saturated rings. The van der Waals surface area contributed by atoms with Crippen molar-refractivity contribution in [3.63, 3.8) is 0 Å². The Morgan fingerprint density at radius 3 is 2.68 bits per heavy atom. The molecule has 1 aromatic carbocycles. The van der Waals surface area contributed by atoms with Gasteiger partial charge >= 0.3 is 0 Å². The van der Waals surface area contributed by atoms with Gasteiger partial charge in [-0.3, -0.25) is 9.36 Å². The molecule has 4 rings (SSSR count). The number of hydrogen-bond acceptors (Lipinski definition) is 5. The molecule has 1 amide bonds. The van der Waals surface area contributed by atoms with E-state index in [0.29, 0.717) is 26.2 Å². The van der Waals surface area contributed by atoms with E-state index in [4.69, 9.17) is 9.47 Å². The van der Waals surface area contributed by atoms with Crippen molar-refractivity contribution in [2.45, 2.75) is 19.6 Å². The zero-order valence-electron chi connectivity index (χ0n) is 16.0. The summed E-state index contributed by atoms with van der Waals surface area (Å²) in [5, 5.41) is 0. The molecule has 0 radical (unpaired) electrons. The van der Waals surface area contributed by atoms with Gasteiger partial charge < -0.3 is 18.9 Å². The van der Waals surface area contributed by atoms with E-state index in [9.17, 15) is 4.79 Å². The van der Waals surface area contributed by atoms with Gasteiger partial charge in [0.25, 0.3) is 0 Å². The molecule has 0 bridgehead atoms. The topological polar surface area (TPSA) is 74.4 Å². The lowest BCUT2D eigenvalue weighted by Gasteiger charge is -2.32. The van der Waals surface area contributed by atoms with E-state index < -0.39 is 0 Å².